The molecule has 0 saturated heterocycles. The minimum Gasteiger partial charge on any atom is -0.309 e. The number of hydrogen-bond acceptors (Lipinski definition) is 2. The van der Waals surface area contributed by atoms with Gasteiger partial charge >= 0.3 is 0 Å². The van der Waals surface area contributed by atoms with Crippen LogP contribution in [0.25, 0.3) is 55.6 Å². The summed E-state index contributed by atoms with van der Waals surface area (Å²) in [6.07, 6.45) is 0. The van der Waals surface area contributed by atoms with Crippen molar-refractivity contribution in [2.45, 2.75) is 73.0 Å². The van der Waals surface area contributed by atoms with Crippen LogP contribution in [0.3, 0.4) is 0 Å². The third-order valence-electron chi connectivity index (χ3n) is 17.7. The van der Waals surface area contributed by atoms with Crippen molar-refractivity contribution in [2.24, 2.45) is 0 Å². The molecular weight excluding hydrogens is 959 g/mol. The minimum absolute atomic E-state index is 0.0415. The summed E-state index contributed by atoms with van der Waals surface area (Å²) in [5, 5.41) is 0. The maximum absolute atomic E-state index is 2.58. The van der Waals surface area contributed by atoms with E-state index in [1.54, 1.807) is 0 Å². The summed E-state index contributed by atoms with van der Waals surface area (Å²) in [5.41, 5.74) is 28.2. The molecule has 1 heterocycles. The van der Waals surface area contributed by atoms with E-state index in [2.05, 4.69) is 295 Å². The fourth-order valence-corrected chi connectivity index (χ4v) is 15.3. The highest BCUT2D eigenvalue weighted by atomic mass is 32.2. The van der Waals surface area contributed by atoms with Crippen molar-refractivity contribution in [3.8, 4) is 55.6 Å². The van der Waals surface area contributed by atoms with Gasteiger partial charge in [0.1, 0.15) is 0 Å². The van der Waals surface area contributed by atoms with Gasteiger partial charge in [-0.15, -0.1) is 0 Å². The number of rotatable bonds is 5. The average molecular weight is 1020 g/mol. The first-order valence-corrected chi connectivity index (χ1v) is 28.5. The molecule has 0 unspecified atom stereocenters. The normalized spacial score (nSPS) is 14.4. The van der Waals surface area contributed by atoms with Crippen LogP contribution in [0.4, 0.5) is 17.1 Å². The lowest BCUT2D eigenvalue weighted by atomic mass is 9.65. The number of benzene rings is 11. The van der Waals surface area contributed by atoms with Gasteiger partial charge in [0.25, 0.3) is 0 Å². The number of fused-ring (bicyclic) bond motifs is 19. The maximum Gasteiger partial charge on any atom is 0.0735 e. The van der Waals surface area contributed by atoms with Crippen LogP contribution in [0.5, 0.6) is 0 Å². The van der Waals surface area contributed by atoms with Crippen LogP contribution in [0.2, 0.25) is 0 Å². The topological polar surface area (TPSA) is 3.24 Å². The SMILES string of the molecule is CC(C)(C)c1ccc2c(c1)C1(c3cc(C(C)(C)C)ccc3S2)c2ccccc2-c2ccc(-c3ccccc3N(c3ccc4c(c3)C3(c5ccccc5-c5ccccc53)c3ccccc3-4)c3ccccc3-c3ccccc3)cc21. The molecule has 4 aliphatic rings. The van der Waals surface area contributed by atoms with Crippen molar-refractivity contribution in [3.05, 3.63) is 304 Å². The molecule has 0 saturated carbocycles. The molecule has 3 aliphatic carbocycles. The van der Waals surface area contributed by atoms with Crippen LogP contribution in [0, 0.1) is 0 Å². The zero-order chi connectivity index (χ0) is 52.7. The molecule has 11 aromatic rings. The predicted molar refractivity (Wildman–Crippen MR) is 327 cm³/mol. The van der Waals surface area contributed by atoms with Crippen LogP contribution in [-0.4, -0.2) is 0 Å². The summed E-state index contributed by atoms with van der Waals surface area (Å²) in [5.74, 6) is 0. The van der Waals surface area contributed by atoms with E-state index >= 15 is 0 Å². The van der Waals surface area contributed by atoms with Crippen molar-refractivity contribution in [1.82, 2.24) is 0 Å². The zero-order valence-electron chi connectivity index (χ0n) is 45.0. The fourth-order valence-electron chi connectivity index (χ4n) is 14.1. The first-order valence-electron chi connectivity index (χ1n) is 27.7. The second kappa shape index (κ2) is 17.0. The number of para-hydroxylation sites is 2. The van der Waals surface area contributed by atoms with E-state index < -0.39 is 10.8 Å². The van der Waals surface area contributed by atoms with Gasteiger partial charge < -0.3 is 4.90 Å². The number of hydrogen-bond donors (Lipinski definition) is 0. The Kier molecular flexibility index (Phi) is 10.2. The molecule has 2 heteroatoms. The van der Waals surface area contributed by atoms with E-state index in [1.165, 1.54) is 121 Å². The Labute approximate surface area is 464 Å². The molecule has 2 spiro atoms. The van der Waals surface area contributed by atoms with E-state index in [0.29, 0.717) is 0 Å². The molecule has 0 N–H and O–H groups in total. The molecule has 15 rings (SSSR count). The van der Waals surface area contributed by atoms with Gasteiger partial charge in [-0.2, -0.15) is 0 Å². The zero-order valence-corrected chi connectivity index (χ0v) is 45.8. The number of nitrogens with zero attached hydrogens (tertiary/aromatic N) is 1. The Morgan fingerprint density at radius 1 is 0.282 bits per heavy atom. The Hall–Kier alpha value is -8.43. The van der Waals surface area contributed by atoms with E-state index in [0.717, 1.165) is 17.1 Å². The van der Waals surface area contributed by atoms with Gasteiger partial charge in [0, 0.05) is 26.6 Å². The first kappa shape index (κ1) is 46.8. The molecular formula is C76H59NS. The van der Waals surface area contributed by atoms with Crippen molar-refractivity contribution >= 4 is 28.8 Å². The predicted octanol–water partition coefficient (Wildman–Crippen LogP) is 20.3. The summed E-state index contributed by atoms with van der Waals surface area (Å²) in [7, 11) is 0. The van der Waals surface area contributed by atoms with Gasteiger partial charge in [-0.3, -0.25) is 0 Å². The van der Waals surface area contributed by atoms with E-state index in [4.69, 9.17) is 0 Å². The molecule has 0 amide bonds. The molecule has 374 valence electrons. The molecule has 0 atom stereocenters. The van der Waals surface area contributed by atoms with Gasteiger partial charge in [0.2, 0.25) is 0 Å². The molecule has 78 heavy (non-hydrogen) atoms. The fraction of sp³-hybridized carbons (Fsp3) is 0.132. The van der Waals surface area contributed by atoms with Crippen LogP contribution in [0.1, 0.15) is 97.2 Å². The van der Waals surface area contributed by atoms with Crippen LogP contribution in [-0.2, 0) is 21.7 Å². The van der Waals surface area contributed by atoms with Crippen molar-refractivity contribution in [3.63, 3.8) is 0 Å². The lowest BCUT2D eigenvalue weighted by molar-refractivity contribution is 0.581. The second-order valence-electron chi connectivity index (χ2n) is 23.9. The lowest BCUT2D eigenvalue weighted by Crippen LogP contribution is -2.33. The standard InChI is InChI=1S/C76H59NS/c1-73(2,3)50-37-42-71-67(45-50)76(68-46-51(74(4,5)6)38-43-72(68)78-71)64-33-19-13-28-57(64)59-40-36-49(44-65(59)76)54-25-15-21-35-70(54)77(69-34-20-14-24-53(69)48-22-8-7-9-23-48)52-39-41-60-58-29-12-18-32-63(58)75(66(60)47-52)61-30-16-10-26-55(61)56-27-11-17-31-62(56)75/h7-47H,1-6H3. The highest BCUT2D eigenvalue weighted by Gasteiger charge is 2.53. The molecule has 0 bridgehead atoms. The van der Waals surface area contributed by atoms with Crippen LogP contribution >= 0.6 is 11.8 Å². The summed E-state index contributed by atoms with van der Waals surface area (Å²) >= 11 is 1.93. The van der Waals surface area contributed by atoms with Crippen LogP contribution < -0.4 is 4.90 Å². The van der Waals surface area contributed by atoms with Gasteiger partial charge in [0.15, 0.2) is 0 Å². The Morgan fingerprint density at radius 2 is 0.654 bits per heavy atom. The minimum atomic E-state index is -0.563. The van der Waals surface area contributed by atoms with Crippen molar-refractivity contribution in [1.29, 1.82) is 0 Å². The Balaban J connectivity index is 1.00. The van der Waals surface area contributed by atoms with Crippen molar-refractivity contribution in [2.75, 3.05) is 4.90 Å². The van der Waals surface area contributed by atoms with E-state index in [9.17, 15) is 0 Å². The second-order valence-corrected chi connectivity index (χ2v) is 25.0. The van der Waals surface area contributed by atoms with Gasteiger partial charge in [0.05, 0.1) is 22.2 Å². The Morgan fingerprint density at radius 3 is 1.13 bits per heavy atom. The Bertz CT molecular complexity index is 4150. The molecule has 0 fully saturated rings. The monoisotopic (exact) mass is 1020 g/mol. The highest BCUT2D eigenvalue weighted by Crippen LogP contribution is 2.66. The lowest BCUT2D eigenvalue weighted by Gasteiger charge is -2.41. The molecule has 1 nitrogen and oxygen atoms in total. The molecule has 0 radical (unpaired) electrons. The van der Waals surface area contributed by atoms with E-state index in [1.807, 2.05) is 11.8 Å². The quantitative estimate of drug-likeness (QED) is 0.169. The van der Waals surface area contributed by atoms with Gasteiger partial charge in [-0.25, -0.2) is 0 Å². The summed E-state index contributed by atoms with van der Waals surface area (Å²) < 4.78 is 0. The first-order chi connectivity index (χ1) is 38.0. The third-order valence-corrected chi connectivity index (χ3v) is 18.8. The maximum atomic E-state index is 2.58. The molecule has 1 aliphatic heterocycles. The highest BCUT2D eigenvalue weighted by molar-refractivity contribution is 7.99. The molecule has 11 aromatic carbocycles. The summed E-state index contributed by atoms with van der Waals surface area (Å²) in [6.45, 7) is 14.1. The molecule has 0 aromatic heterocycles. The summed E-state index contributed by atoms with van der Waals surface area (Å²) in [6, 6.07) is 95.1. The smallest absolute Gasteiger partial charge is 0.0735 e. The van der Waals surface area contributed by atoms with E-state index in [-0.39, 0.29) is 10.8 Å². The summed E-state index contributed by atoms with van der Waals surface area (Å²) in [4.78, 5) is 5.20. The van der Waals surface area contributed by atoms with Crippen molar-refractivity contribution < 1.29 is 0 Å². The number of anilines is 3. The third kappa shape index (κ3) is 6.56. The largest absolute Gasteiger partial charge is 0.309 e. The average Bonchev–Trinajstić information content (AvgIpc) is 4.06. The van der Waals surface area contributed by atoms with Gasteiger partial charge in [-0.1, -0.05) is 260 Å². The van der Waals surface area contributed by atoms with Gasteiger partial charge in [-0.05, 0) is 153 Å². The van der Waals surface area contributed by atoms with Crippen LogP contribution in [0.15, 0.2) is 259 Å².